The number of ether oxygens (including phenoxy) is 1. The topological polar surface area (TPSA) is 93.5 Å². The molecule has 1 aromatic rings. The first kappa shape index (κ1) is 18.3. The van der Waals surface area contributed by atoms with Gasteiger partial charge in [-0.2, -0.15) is 0 Å². The summed E-state index contributed by atoms with van der Waals surface area (Å²) < 4.78 is 19.0. The summed E-state index contributed by atoms with van der Waals surface area (Å²) in [5.41, 5.74) is 5.91. The molecule has 1 fully saturated rings. The van der Waals surface area contributed by atoms with E-state index >= 15 is 0 Å². The first-order chi connectivity index (χ1) is 9.99. The van der Waals surface area contributed by atoms with Crippen molar-refractivity contribution in [1.29, 1.82) is 0 Å². The van der Waals surface area contributed by atoms with Crippen molar-refractivity contribution >= 4 is 35.6 Å². The van der Waals surface area contributed by atoms with E-state index in [0.717, 1.165) is 6.42 Å². The fraction of sp³-hybridized carbons (Fsp3) is 0.429. The molecule has 2 rings (SSSR count). The highest BCUT2D eigenvalue weighted by molar-refractivity contribution is 5.95. The molecule has 4 N–H and O–H groups in total. The van der Waals surface area contributed by atoms with Gasteiger partial charge in [-0.1, -0.05) is 0 Å². The minimum absolute atomic E-state index is 0. The average molecular weight is 332 g/mol. The largest absolute Gasteiger partial charge is 0.364 e. The van der Waals surface area contributed by atoms with Crippen molar-refractivity contribution in [3.63, 3.8) is 0 Å². The first-order valence-corrected chi connectivity index (χ1v) is 6.73. The summed E-state index contributed by atoms with van der Waals surface area (Å²) in [7, 11) is 0. The second-order valence-corrected chi connectivity index (χ2v) is 4.92. The number of carbonyl (C=O) groups excluding carboxylic acids is 2. The van der Waals surface area contributed by atoms with Gasteiger partial charge in [0.25, 0.3) is 5.91 Å². The fourth-order valence-corrected chi connectivity index (χ4v) is 2.18. The Bertz CT molecular complexity index is 556. The number of hydrogen-bond acceptors (Lipinski definition) is 4. The van der Waals surface area contributed by atoms with E-state index in [1.807, 2.05) is 0 Å². The number of nitrogens with one attached hydrogen (secondary N) is 2. The zero-order valence-electron chi connectivity index (χ0n) is 12.1. The van der Waals surface area contributed by atoms with Gasteiger partial charge in [-0.25, -0.2) is 4.39 Å². The minimum atomic E-state index is -0.566. The van der Waals surface area contributed by atoms with Crippen LogP contribution in [0.25, 0.3) is 0 Å². The van der Waals surface area contributed by atoms with Crippen molar-refractivity contribution in [2.45, 2.75) is 32.0 Å². The van der Waals surface area contributed by atoms with E-state index in [0.29, 0.717) is 18.7 Å². The number of anilines is 2. The zero-order valence-corrected chi connectivity index (χ0v) is 12.9. The number of amides is 2. The van der Waals surface area contributed by atoms with Crippen molar-refractivity contribution in [2.75, 3.05) is 17.2 Å². The van der Waals surface area contributed by atoms with Crippen LogP contribution in [0.2, 0.25) is 0 Å². The molecule has 2 amide bonds. The van der Waals surface area contributed by atoms with Crippen LogP contribution in [0.1, 0.15) is 19.8 Å². The average Bonchev–Trinajstić information content (AvgIpc) is 2.91. The number of nitrogens with two attached hydrogens (primary N) is 1. The van der Waals surface area contributed by atoms with Gasteiger partial charge in [-0.15, -0.1) is 12.4 Å². The lowest BCUT2D eigenvalue weighted by Gasteiger charge is -2.13. The second kappa shape index (κ2) is 8.07. The highest BCUT2D eigenvalue weighted by Gasteiger charge is 2.29. The Morgan fingerprint density at radius 2 is 2.09 bits per heavy atom. The lowest BCUT2D eigenvalue weighted by Crippen LogP contribution is -2.29. The third-order valence-corrected chi connectivity index (χ3v) is 3.21. The molecule has 1 aliphatic rings. The van der Waals surface area contributed by atoms with Gasteiger partial charge in [0, 0.05) is 19.2 Å². The second-order valence-electron chi connectivity index (χ2n) is 4.92. The van der Waals surface area contributed by atoms with Crippen molar-refractivity contribution in [3.8, 4) is 0 Å². The van der Waals surface area contributed by atoms with E-state index < -0.39 is 11.9 Å². The van der Waals surface area contributed by atoms with Gasteiger partial charge in [-0.05, 0) is 31.0 Å². The molecule has 1 saturated heterocycles. The maximum Gasteiger partial charge on any atom is 0.253 e. The molecule has 1 aliphatic heterocycles. The maximum atomic E-state index is 13.5. The molecule has 0 radical (unpaired) electrons. The summed E-state index contributed by atoms with van der Waals surface area (Å²) in [6.07, 6.45) is 0.708. The Labute approximate surface area is 134 Å². The van der Waals surface area contributed by atoms with E-state index in [-0.39, 0.29) is 36.0 Å². The number of hydrogen-bond donors (Lipinski definition) is 3. The normalized spacial score (nSPS) is 20.1. The molecule has 0 bridgehead atoms. The van der Waals surface area contributed by atoms with Crippen LogP contribution >= 0.6 is 12.4 Å². The van der Waals surface area contributed by atoms with Crippen molar-refractivity contribution in [1.82, 2.24) is 0 Å². The predicted octanol–water partition coefficient (Wildman–Crippen LogP) is 1.65. The van der Waals surface area contributed by atoms with Crippen LogP contribution < -0.4 is 16.4 Å². The summed E-state index contributed by atoms with van der Waals surface area (Å²) >= 11 is 0. The third kappa shape index (κ3) is 4.66. The molecule has 0 aliphatic carbocycles. The van der Waals surface area contributed by atoms with Crippen LogP contribution in [0.5, 0.6) is 0 Å². The Balaban J connectivity index is 0.00000242. The minimum Gasteiger partial charge on any atom is -0.364 e. The van der Waals surface area contributed by atoms with Crippen LogP contribution in [-0.2, 0) is 14.3 Å². The van der Waals surface area contributed by atoms with Crippen LogP contribution in [0.3, 0.4) is 0 Å². The molecule has 0 aromatic heterocycles. The highest BCUT2D eigenvalue weighted by atomic mass is 35.5. The standard InChI is InChI=1S/C14H18FN3O3.ClH/c1-8(19)17-12-6-9(2-4-11(12)15)18-14(20)13-5-3-10(7-16)21-13;/h2,4,6,10,13H,3,5,7,16H2,1H3,(H,17,19)(H,18,20);1H/t10-,13+;/m1./s1. The Morgan fingerprint density at radius 1 is 1.36 bits per heavy atom. The summed E-state index contributed by atoms with van der Waals surface area (Å²) in [6.45, 7) is 1.66. The summed E-state index contributed by atoms with van der Waals surface area (Å²) in [5, 5.41) is 5.01. The molecule has 1 aromatic carbocycles. The zero-order chi connectivity index (χ0) is 15.4. The van der Waals surface area contributed by atoms with E-state index in [9.17, 15) is 14.0 Å². The van der Waals surface area contributed by atoms with Gasteiger partial charge >= 0.3 is 0 Å². The lowest BCUT2D eigenvalue weighted by molar-refractivity contribution is -0.126. The van der Waals surface area contributed by atoms with Crippen LogP contribution in [0.15, 0.2) is 18.2 Å². The van der Waals surface area contributed by atoms with Crippen molar-refractivity contribution in [2.24, 2.45) is 5.73 Å². The number of carbonyl (C=O) groups is 2. The monoisotopic (exact) mass is 331 g/mol. The Kier molecular flexibility index (Phi) is 6.73. The van der Waals surface area contributed by atoms with Crippen LogP contribution in [0.4, 0.5) is 15.8 Å². The van der Waals surface area contributed by atoms with E-state index in [2.05, 4.69) is 10.6 Å². The van der Waals surface area contributed by atoms with Crippen molar-refractivity contribution < 1.29 is 18.7 Å². The van der Waals surface area contributed by atoms with Crippen LogP contribution in [-0.4, -0.2) is 30.6 Å². The van der Waals surface area contributed by atoms with Gasteiger partial charge in [0.05, 0.1) is 11.8 Å². The summed E-state index contributed by atoms with van der Waals surface area (Å²) in [5.74, 6) is -1.25. The quantitative estimate of drug-likeness (QED) is 0.782. The molecule has 8 heteroatoms. The molecule has 1 heterocycles. The van der Waals surface area contributed by atoms with Gasteiger partial charge in [-0.3, -0.25) is 9.59 Å². The van der Waals surface area contributed by atoms with Crippen LogP contribution in [0, 0.1) is 5.82 Å². The molecular weight excluding hydrogens is 313 g/mol. The Morgan fingerprint density at radius 3 is 2.68 bits per heavy atom. The molecule has 122 valence electrons. The molecule has 2 atom stereocenters. The summed E-state index contributed by atoms with van der Waals surface area (Å²) in [6, 6.07) is 3.97. The highest BCUT2D eigenvalue weighted by Crippen LogP contribution is 2.23. The number of rotatable bonds is 4. The lowest BCUT2D eigenvalue weighted by atomic mass is 10.2. The number of halogens is 2. The van der Waals surface area contributed by atoms with E-state index in [4.69, 9.17) is 10.5 Å². The SMILES string of the molecule is CC(=O)Nc1cc(NC(=O)[C@@H]2CC[C@H](CN)O2)ccc1F.Cl. The third-order valence-electron chi connectivity index (χ3n) is 3.21. The van der Waals surface area contributed by atoms with E-state index in [1.54, 1.807) is 0 Å². The molecule has 22 heavy (non-hydrogen) atoms. The van der Waals surface area contributed by atoms with Gasteiger partial charge in [0.2, 0.25) is 5.91 Å². The summed E-state index contributed by atoms with van der Waals surface area (Å²) in [4.78, 5) is 23.0. The first-order valence-electron chi connectivity index (χ1n) is 6.73. The maximum absolute atomic E-state index is 13.5. The van der Waals surface area contributed by atoms with Crippen molar-refractivity contribution in [3.05, 3.63) is 24.0 Å². The van der Waals surface area contributed by atoms with Gasteiger partial charge in [0.1, 0.15) is 11.9 Å². The fourth-order valence-electron chi connectivity index (χ4n) is 2.18. The smallest absolute Gasteiger partial charge is 0.253 e. The molecule has 0 spiro atoms. The molecule has 0 saturated carbocycles. The molecular formula is C14H19ClFN3O3. The predicted molar refractivity (Wildman–Crippen MR) is 83.5 cm³/mol. The van der Waals surface area contributed by atoms with Gasteiger partial charge < -0.3 is 21.1 Å². The molecule has 6 nitrogen and oxygen atoms in total. The van der Waals surface area contributed by atoms with Gasteiger partial charge in [0.15, 0.2) is 0 Å². The Hall–Kier alpha value is -1.70. The number of benzene rings is 1. The van der Waals surface area contributed by atoms with E-state index in [1.165, 1.54) is 25.1 Å². The molecule has 0 unspecified atom stereocenters.